The Morgan fingerprint density at radius 1 is 1.50 bits per heavy atom. The maximum atomic E-state index is 11.9. The summed E-state index contributed by atoms with van der Waals surface area (Å²) in [5.41, 5.74) is 0.509. The quantitative estimate of drug-likeness (QED) is 0.614. The molecule has 1 fully saturated rings. The van der Waals surface area contributed by atoms with Crippen molar-refractivity contribution >= 4 is 17.3 Å². The van der Waals surface area contributed by atoms with Crippen molar-refractivity contribution in [2.45, 2.75) is 19.1 Å². The van der Waals surface area contributed by atoms with Crippen LogP contribution in [-0.2, 0) is 9.53 Å². The molecule has 1 aromatic rings. The first-order valence-corrected chi connectivity index (χ1v) is 5.48. The summed E-state index contributed by atoms with van der Waals surface area (Å²) >= 11 is 0. The van der Waals surface area contributed by atoms with Gasteiger partial charge in [-0.05, 0) is 19.1 Å². The average Bonchev–Trinajstić information content (AvgIpc) is 2.76. The van der Waals surface area contributed by atoms with E-state index in [-0.39, 0.29) is 17.7 Å². The van der Waals surface area contributed by atoms with Crippen molar-refractivity contribution in [2.24, 2.45) is 0 Å². The first-order valence-electron chi connectivity index (χ1n) is 5.48. The molecule has 2 rings (SSSR count). The van der Waals surface area contributed by atoms with Gasteiger partial charge in [-0.2, -0.15) is 0 Å². The van der Waals surface area contributed by atoms with Crippen molar-refractivity contribution in [3.63, 3.8) is 0 Å². The molecule has 18 heavy (non-hydrogen) atoms. The molecule has 1 saturated heterocycles. The van der Waals surface area contributed by atoms with Crippen LogP contribution in [0.2, 0.25) is 0 Å². The molecule has 0 spiro atoms. The molecule has 1 amide bonds. The number of nitrogens with one attached hydrogen (secondary N) is 2. The molecular formula is C11H13N3O4. The number of benzene rings is 1. The maximum Gasteiger partial charge on any atom is 0.269 e. The molecule has 96 valence electrons. The van der Waals surface area contributed by atoms with Gasteiger partial charge in [0, 0.05) is 17.8 Å². The molecule has 0 saturated carbocycles. The van der Waals surface area contributed by atoms with Gasteiger partial charge in [-0.1, -0.05) is 0 Å². The second-order valence-electron chi connectivity index (χ2n) is 3.99. The highest BCUT2D eigenvalue weighted by molar-refractivity contribution is 5.95. The number of anilines is 1. The molecule has 1 heterocycles. The van der Waals surface area contributed by atoms with Crippen molar-refractivity contribution in [3.05, 3.63) is 34.4 Å². The van der Waals surface area contributed by atoms with Crippen LogP contribution in [-0.4, -0.2) is 29.7 Å². The molecule has 7 nitrogen and oxygen atoms in total. The Bertz CT molecular complexity index is 460. The molecule has 7 heteroatoms. The first kappa shape index (κ1) is 12.5. The fourth-order valence-electron chi connectivity index (χ4n) is 1.72. The number of nitrogens with zero attached hydrogens (tertiary/aromatic N) is 1. The molecule has 0 radical (unpaired) electrons. The molecule has 1 aromatic carbocycles. The second-order valence-corrected chi connectivity index (χ2v) is 3.99. The first-order chi connectivity index (χ1) is 8.58. The predicted molar refractivity (Wildman–Crippen MR) is 64.1 cm³/mol. The van der Waals surface area contributed by atoms with Crippen LogP contribution in [0.1, 0.15) is 6.92 Å². The van der Waals surface area contributed by atoms with Crippen molar-refractivity contribution < 1.29 is 14.5 Å². The molecule has 1 aliphatic heterocycles. The molecule has 2 atom stereocenters. The average molecular weight is 251 g/mol. The van der Waals surface area contributed by atoms with Gasteiger partial charge in [0.05, 0.1) is 17.8 Å². The van der Waals surface area contributed by atoms with Crippen LogP contribution in [0.4, 0.5) is 11.4 Å². The Morgan fingerprint density at radius 2 is 2.17 bits per heavy atom. The Labute approximate surface area is 103 Å². The third-order valence-corrected chi connectivity index (χ3v) is 2.75. The van der Waals surface area contributed by atoms with Gasteiger partial charge in [0.2, 0.25) is 5.91 Å². The van der Waals surface area contributed by atoms with Crippen LogP contribution in [0.15, 0.2) is 24.3 Å². The number of carbonyl (C=O) groups is 1. The minimum Gasteiger partial charge on any atom is -0.361 e. The van der Waals surface area contributed by atoms with Gasteiger partial charge in [-0.3, -0.25) is 20.2 Å². The summed E-state index contributed by atoms with van der Waals surface area (Å²) in [7, 11) is 0. The molecule has 0 aliphatic carbocycles. The topological polar surface area (TPSA) is 93.5 Å². The normalized spacial score (nSPS) is 22.7. The van der Waals surface area contributed by atoms with E-state index in [0.717, 1.165) is 0 Å². The largest absolute Gasteiger partial charge is 0.361 e. The molecule has 0 aromatic heterocycles. The van der Waals surface area contributed by atoms with Crippen LogP contribution in [0.3, 0.4) is 0 Å². The fourth-order valence-corrected chi connectivity index (χ4v) is 1.72. The number of amides is 1. The SMILES string of the molecule is C[C@H]1OCN[C@@H]1C(=O)Nc1ccc([N+](=O)[O-])cc1. The van der Waals surface area contributed by atoms with Gasteiger partial charge in [-0.15, -0.1) is 0 Å². The highest BCUT2D eigenvalue weighted by Crippen LogP contribution is 2.16. The molecule has 1 aliphatic rings. The smallest absolute Gasteiger partial charge is 0.269 e. The Morgan fingerprint density at radius 3 is 2.67 bits per heavy atom. The van der Waals surface area contributed by atoms with Crippen molar-refractivity contribution in [3.8, 4) is 0 Å². The summed E-state index contributed by atoms with van der Waals surface area (Å²) in [6.07, 6.45) is -0.192. The van der Waals surface area contributed by atoms with E-state index in [1.54, 1.807) is 6.92 Å². The Balaban J connectivity index is 2.00. The zero-order valence-electron chi connectivity index (χ0n) is 9.75. The molecular weight excluding hydrogens is 238 g/mol. The fraction of sp³-hybridized carbons (Fsp3) is 0.364. The van der Waals surface area contributed by atoms with Crippen LogP contribution in [0.25, 0.3) is 0 Å². The van der Waals surface area contributed by atoms with Gasteiger partial charge in [0.15, 0.2) is 0 Å². The van der Waals surface area contributed by atoms with E-state index in [1.165, 1.54) is 24.3 Å². The van der Waals surface area contributed by atoms with Crippen LogP contribution >= 0.6 is 0 Å². The van der Waals surface area contributed by atoms with Gasteiger partial charge in [0.25, 0.3) is 5.69 Å². The van der Waals surface area contributed by atoms with Crippen LogP contribution < -0.4 is 10.6 Å². The lowest BCUT2D eigenvalue weighted by Crippen LogP contribution is -2.41. The summed E-state index contributed by atoms with van der Waals surface area (Å²) < 4.78 is 5.21. The highest BCUT2D eigenvalue weighted by Gasteiger charge is 2.30. The minimum atomic E-state index is -0.486. The molecule has 2 N–H and O–H groups in total. The van der Waals surface area contributed by atoms with Crippen LogP contribution in [0, 0.1) is 10.1 Å². The monoisotopic (exact) mass is 251 g/mol. The number of rotatable bonds is 3. The summed E-state index contributed by atoms with van der Waals surface area (Å²) in [4.78, 5) is 21.8. The standard InChI is InChI=1S/C11H13N3O4/c1-7-10(12-6-18-7)11(15)13-8-2-4-9(5-3-8)14(16)17/h2-5,7,10,12H,6H2,1H3,(H,13,15)/t7-,10+/m1/s1. The van der Waals surface area contributed by atoms with E-state index < -0.39 is 11.0 Å². The van der Waals surface area contributed by atoms with Crippen molar-refractivity contribution in [2.75, 3.05) is 12.0 Å². The molecule has 0 unspecified atom stereocenters. The highest BCUT2D eigenvalue weighted by atomic mass is 16.6. The van der Waals surface area contributed by atoms with E-state index in [2.05, 4.69) is 10.6 Å². The number of nitro benzene ring substituents is 1. The van der Waals surface area contributed by atoms with Crippen molar-refractivity contribution in [1.82, 2.24) is 5.32 Å². The van der Waals surface area contributed by atoms with E-state index in [0.29, 0.717) is 12.4 Å². The lowest BCUT2D eigenvalue weighted by atomic mass is 10.2. The molecule has 0 bridgehead atoms. The van der Waals surface area contributed by atoms with Gasteiger partial charge < -0.3 is 10.1 Å². The third kappa shape index (κ3) is 2.63. The number of hydrogen-bond acceptors (Lipinski definition) is 5. The van der Waals surface area contributed by atoms with Crippen molar-refractivity contribution in [1.29, 1.82) is 0 Å². The van der Waals surface area contributed by atoms with E-state index in [9.17, 15) is 14.9 Å². The number of carbonyl (C=O) groups excluding carboxylic acids is 1. The van der Waals surface area contributed by atoms with Crippen LogP contribution in [0.5, 0.6) is 0 Å². The number of non-ortho nitro benzene ring substituents is 1. The summed E-state index contributed by atoms with van der Waals surface area (Å²) in [6, 6.07) is 5.28. The third-order valence-electron chi connectivity index (χ3n) is 2.75. The number of hydrogen-bond donors (Lipinski definition) is 2. The predicted octanol–water partition coefficient (Wildman–Crippen LogP) is 0.868. The van der Waals surface area contributed by atoms with E-state index in [1.807, 2.05) is 0 Å². The minimum absolute atomic E-state index is 0.0105. The Kier molecular flexibility index (Phi) is 3.54. The van der Waals surface area contributed by atoms with Gasteiger partial charge >= 0.3 is 0 Å². The number of nitro groups is 1. The zero-order valence-corrected chi connectivity index (χ0v) is 9.75. The zero-order chi connectivity index (χ0) is 13.1. The summed E-state index contributed by atoms with van der Waals surface area (Å²) in [5.74, 6) is -0.214. The Hall–Kier alpha value is -1.99. The lowest BCUT2D eigenvalue weighted by molar-refractivity contribution is -0.384. The van der Waals surface area contributed by atoms with E-state index in [4.69, 9.17) is 4.74 Å². The summed E-state index contributed by atoms with van der Waals surface area (Å²) in [6.45, 7) is 2.15. The van der Waals surface area contributed by atoms with Gasteiger partial charge in [0.1, 0.15) is 6.04 Å². The lowest BCUT2D eigenvalue weighted by Gasteiger charge is -2.13. The summed E-state index contributed by atoms with van der Waals surface area (Å²) in [5, 5.41) is 16.1. The van der Waals surface area contributed by atoms with E-state index >= 15 is 0 Å². The second kappa shape index (κ2) is 5.11. The van der Waals surface area contributed by atoms with Gasteiger partial charge in [-0.25, -0.2) is 0 Å². The maximum absolute atomic E-state index is 11.9. The number of ether oxygens (including phenoxy) is 1.